The minimum atomic E-state index is -0.182. The van der Waals surface area contributed by atoms with Gasteiger partial charge in [-0.2, -0.15) is 0 Å². The Hall–Kier alpha value is -3.60. The highest BCUT2D eigenvalue weighted by molar-refractivity contribution is 6.07. The Kier molecular flexibility index (Phi) is 8.64. The van der Waals surface area contributed by atoms with Gasteiger partial charge in [0.15, 0.2) is 5.78 Å². The molecule has 0 aliphatic heterocycles. The first-order chi connectivity index (χ1) is 16.0. The van der Waals surface area contributed by atoms with E-state index in [9.17, 15) is 9.59 Å². The molecule has 5 heteroatoms. The molecule has 3 aromatic rings. The van der Waals surface area contributed by atoms with Crippen molar-refractivity contribution in [3.8, 4) is 22.6 Å². The summed E-state index contributed by atoms with van der Waals surface area (Å²) in [6, 6.07) is 23.0. The van der Waals surface area contributed by atoms with Gasteiger partial charge in [-0.25, -0.2) is 0 Å². The monoisotopic (exact) mass is 445 g/mol. The molecule has 0 aromatic heterocycles. The number of rotatable bonds is 11. The topological polar surface area (TPSA) is 55.8 Å². The molecule has 0 N–H and O–H groups in total. The maximum absolute atomic E-state index is 13.1. The van der Waals surface area contributed by atoms with Gasteiger partial charge in [0, 0.05) is 30.3 Å². The molecule has 0 saturated carbocycles. The second-order valence-corrected chi connectivity index (χ2v) is 7.89. The molecule has 1 amide bonds. The molecule has 5 nitrogen and oxygen atoms in total. The maximum atomic E-state index is 13.1. The first-order valence-electron chi connectivity index (χ1n) is 11.2. The third-order valence-electron chi connectivity index (χ3n) is 5.62. The number of nitrogens with zero attached hydrogens (tertiary/aromatic N) is 1. The van der Waals surface area contributed by atoms with E-state index in [-0.39, 0.29) is 18.1 Å². The Balaban J connectivity index is 1.71. The van der Waals surface area contributed by atoms with Crippen molar-refractivity contribution in [3.63, 3.8) is 0 Å². The number of hydrogen-bond acceptors (Lipinski definition) is 4. The number of carbonyl (C=O) groups is 2. The number of benzene rings is 3. The van der Waals surface area contributed by atoms with Crippen LogP contribution in [0.15, 0.2) is 72.8 Å². The third-order valence-corrected chi connectivity index (χ3v) is 5.62. The van der Waals surface area contributed by atoms with Crippen LogP contribution in [0.5, 0.6) is 11.5 Å². The van der Waals surface area contributed by atoms with E-state index in [1.165, 1.54) is 0 Å². The van der Waals surface area contributed by atoms with Gasteiger partial charge >= 0.3 is 0 Å². The van der Waals surface area contributed by atoms with Crippen molar-refractivity contribution >= 4 is 11.7 Å². The summed E-state index contributed by atoms with van der Waals surface area (Å²) in [6.45, 7) is 3.05. The fourth-order valence-corrected chi connectivity index (χ4v) is 3.66. The number of unbranched alkanes of at least 4 members (excludes halogenated alkanes) is 1. The summed E-state index contributed by atoms with van der Waals surface area (Å²) in [5.74, 6) is 0.990. The molecule has 33 heavy (non-hydrogen) atoms. The first kappa shape index (κ1) is 24.1. The third kappa shape index (κ3) is 6.45. The van der Waals surface area contributed by atoms with E-state index in [1.54, 1.807) is 37.3 Å². The van der Waals surface area contributed by atoms with Crippen molar-refractivity contribution in [1.29, 1.82) is 0 Å². The van der Waals surface area contributed by atoms with Crippen LogP contribution in [0, 0.1) is 0 Å². The van der Waals surface area contributed by atoms with Crippen molar-refractivity contribution in [2.45, 2.75) is 32.7 Å². The molecular formula is C28H31NO4. The number of Topliss-reactive ketones (excluding diaryl/α,β-unsaturated/α-hetero) is 1. The van der Waals surface area contributed by atoms with Crippen LogP contribution < -0.4 is 9.47 Å². The summed E-state index contributed by atoms with van der Waals surface area (Å²) in [5, 5.41) is 0. The molecule has 0 fully saturated rings. The second-order valence-electron chi connectivity index (χ2n) is 7.89. The van der Waals surface area contributed by atoms with Crippen LogP contribution in [0.4, 0.5) is 0 Å². The van der Waals surface area contributed by atoms with Gasteiger partial charge in [-0.1, -0.05) is 67.9 Å². The zero-order valence-corrected chi connectivity index (χ0v) is 19.5. The Labute approximate surface area is 196 Å². The molecule has 0 heterocycles. The SMILES string of the molecule is CCCCN(Cc1ccc(OC)cc1OC)C(=O)CC(=O)c1ccc(-c2ccccc2)cc1. The van der Waals surface area contributed by atoms with Gasteiger partial charge in [0.25, 0.3) is 0 Å². The lowest BCUT2D eigenvalue weighted by Crippen LogP contribution is -2.33. The molecular weight excluding hydrogens is 414 g/mol. The van der Waals surface area contributed by atoms with Crippen LogP contribution in [0.3, 0.4) is 0 Å². The van der Waals surface area contributed by atoms with E-state index in [4.69, 9.17) is 9.47 Å². The first-order valence-corrected chi connectivity index (χ1v) is 11.2. The van der Waals surface area contributed by atoms with Crippen LogP contribution in [-0.2, 0) is 11.3 Å². The van der Waals surface area contributed by atoms with Crippen LogP contribution in [0.1, 0.15) is 42.1 Å². The van der Waals surface area contributed by atoms with E-state index in [2.05, 4.69) is 6.92 Å². The lowest BCUT2D eigenvalue weighted by atomic mass is 10.0. The number of carbonyl (C=O) groups excluding carboxylic acids is 2. The van der Waals surface area contributed by atoms with Crippen molar-refractivity contribution in [1.82, 2.24) is 4.90 Å². The maximum Gasteiger partial charge on any atom is 0.230 e. The Bertz CT molecular complexity index is 1060. The molecule has 0 aliphatic carbocycles. The predicted octanol–water partition coefficient (Wildman–Crippen LogP) is 5.77. The van der Waals surface area contributed by atoms with Gasteiger partial charge in [-0.15, -0.1) is 0 Å². The summed E-state index contributed by atoms with van der Waals surface area (Å²) in [7, 11) is 3.20. The smallest absolute Gasteiger partial charge is 0.230 e. The molecule has 0 unspecified atom stereocenters. The largest absolute Gasteiger partial charge is 0.497 e. The van der Waals surface area contributed by atoms with E-state index in [0.717, 1.165) is 29.5 Å². The summed E-state index contributed by atoms with van der Waals surface area (Å²) < 4.78 is 10.7. The van der Waals surface area contributed by atoms with Crippen LogP contribution in [0.25, 0.3) is 11.1 Å². The molecule has 0 aliphatic rings. The van der Waals surface area contributed by atoms with Crippen LogP contribution >= 0.6 is 0 Å². The zero-order valence-electron chi connectivity index (χ0n) is 19.5. The summed E-state index contributed by atoms with van der Waals surface area (Å²) >= 11 is 0. The Morgan fingerprint density at radius 2 is 1.55 bits per heavy atom. The van der Waals surface area contributed by atoms with E-state index < -0.39 is 0 Å². The Morgan fingerprint density at radius 3 is 2.18 bits per heavy atom. The fourth-order valence-electron chi connectivity index (χ4n) is 3.66. The van der Waals surface area contributed by atoms with Gasteiger partial charge in [0.05, 0.1) is 20.6 Å². The lowest BCUT2D eigenvalue weighted by molar-refractivity contribution is -0.130. The quantitative estimate of drug-likeness (QED) is 0.278. The molecule has 0 bridgehead atoms. The van der Waals surface area contributed by atoms with E-state index in [1.807, 2.05) is 54.6 Å². The minimum Gasteiger partial charge on any atom is -0.497 e. The summed E-state index contributed by atoms with van der Waals surface area (Å²) in [6.07, 6.45) is 1.66. The van der Waals surface area contributed by atoms with Crippen LogP contribution in [0.2, 0.25) is 0 Å². The molecule has 0 saturated heterocycles. The summed E-state index contributed by atoms with van der Waals surface area (Å²) in [5.41, 5.74) is 3.55. The molecule has 172 valence electrons. The van der Waals surface area contributed by atoms with Gasteiger partial charge < -0.3 is 14.4 Å². The number of amides is 1. The molecule has 3 rings (SSSR count). The number of hydrogen-bond donors (Lipinski definition) is 0. The van der Waals surface area contributed by atoms with Crippen molar-refractivity contribution in [3.05, 3.63) is 83.9 Å². The average molecular weight is 446 g/mol. The molecule has 0 atom stereocenters. The highest BCUT2D eigenvalue weighted by atomic mass is 16.5. The van der Waals surface area contributed by atoms with Crippen molar-refractivity contribution in [2.24, 2.45) is 0 Å². The zero-order chi connectivity index (χ0) is 23.6. The molecule has 3 aromatic carbocycles. The number of methoxy groups -OCH3 is 2. The predicted molar refractivity (Wildman–Crippen MR) is 131 cm³/mol. The van der Waals surface area contributed by atoms with E-state index in [0.29, 0.717) is 30.2 Å². The van der Waals surface area contributed by atoms with Crippen molar-refractivity contribution < 1.29 is 19.1 Å². The second kappa shape index (κ2) is 11.9. The number of ether oxygens (including phenoxy) is 2. The van der Waals surface area contributed by atoms with Crippen molar-refractivity contribution in [2.75, 3.05) is 20.8 Å². The van der Waals surface area contributed by atoms with Gasteiger partial charge in [0.1, 0.15) is 11.5 Å². The van der Waals surface area contributed by atoms with Crippen LogP contribution in [-0.4, -0.2) is 37.4 Å². The van der Waals surface area contributed by atoms with Gasteiger partial charge in [0.2, 0.25) is 5.91 Å². The van der Waals surface area contributed by atoms with Gasteiger partial charge in [-0.05, 0) is 29.7 Å². The molecule has 0 radical (unpaired) electrons. The average Bonchev–Trinajstić information content (AvgIpc) is 2.87. The number of ketones is 1. The summed E-state index contributed by atoms with van der Waals surface area (Å²) in [4.78, 5) is 27.7. The minimum absolute atomic E-state index is 0.160. The highest BCUT2D eigenvalue weighted by Crippen LogP contribution is 2.26. The standard InChI is InChI=1S/C28H31NO4/c1-4-5-17-29(20-24-15-16-25(32-2)18-27(24)33-3)28(31)19-26(30)23-13-11-22(12-14-23)21-9-7-6-8-10-21/h6-16,18H,4-5,17,19-20H2,1-3H3. The van der Waals surface area contributed by atoms with Gasteiger partial charge in [-0.3, -0.25) is 9.59 Å². The van der Waals surface area contributed by atoms with E-state index >= 15 is 0 Å². The fraction of sp³-hybridized carbons (Fsp3) is 0.286. The molecule has 0 spiro atoms. The normalized spacial score (nSPS) is 10.5. The highest BCUT2D eigenvalue weighted by Gasteiger charge is 2.20. The lowest BCUT2D eigenvalue weighted by Gasteiger charge is -2.24. The Morgan fingerprint density at radius 1 is 0.848 bits per heavy atom.